The number of likely N-dealkylation sites (tertiary alicyclic amines) is 1. The van der Waals surface area contributed by atoms with E-state index in [1.807, 2.05) is 40.9 Å². The van der Waals surface area contributed by atoms with Crippen molar-refractivity contribution in [2.24, 2.45) is 5.92 Å². The average molecular weight is 375 g/mol. The molecule has 1 aliphatic rings. The van der Waals surface area contributed by atoms with Gasteiger partial charge < -0.3 is 10.2 Å². The summed E-state index contributed by atoms with van der Waals surface area (Å²) in [7, 11) is 1.98. The largest absolute Gasteiger partial charge is 0.339 e. The van der Waals surface area contributed by atoms with E-state index in [1.54, 1.807) is 6.20 Å². The van der Waals surface area contributed by atoms with Crippen LogP contribution in [-0.4, -0.2) is 47.3 Å². The highest BCUT2D eigenvalue weighted by Gasteiger charge is 2.28. The molecule has 0 spiro atoms. The van der Waals surface area contributed by atoms with Gasteiger partial charge in [-0.1, -0.05) is 31.5 Å². The molecular formula is C20H27ClN4O. The number of nitrogens with zero attached hydrogens (tertiary/aromatic N) is 3. The van der Waals surface area contributed by atoms with Crippen LogP contribution in [0.3, 0.4) is 0 Å². The third-order valence-electron chi connectivity index (χ3n) is 5.03. The van der Waals surface area contributed by atoms with E-state index >= 15 is 0 Å². The maximum absolute atomic E-state index is 13.1. The van der Waals surface area contributed by atoms with Gasteiger partial charge in [0.25, 0.3) is 5.91 Å². The van der Waals surface area contributed by atoms with Crippen molar-refractivity contribution in [2.75, 3.05) is 26.7 Å². The molecule has 0 unspecified atom stereocenters. The van der Waals surface area contributed by atoms with E-state index < -0.39 is 0 Å². The van der Waals surface area contributed by atoms with Gasteiger partial charge in [0.15, 0.2) is 0 Å². The number of carbonyl (C=O) groups excluding carboxylic acids is 1. The number of halogens is 1. The van der Waals surface area contributed by atoms with Gasteiger partial charge in [-0.25, -0.2) is 4.68 Å². The molecule has 5 nitrogen and oxygen atoms in total. The van der Waals surface area contributed by atoms with E-state index in [-0.39, 0.29) is 11.8 Å². The summed E-state index contributed by atoms with van der Waals surface area (Å²) in [5.41, 5.74) is 2.52. The molecule has 2 heterocycles. The molecule has 1 aromatic heterocycles. The Morgan fingerprint density at radius 2 is 2.08 bits per heavy atom. The van der Waals surface area contributed by atoms with E-state index in [1.165, 1.54) is 0 Å². The molecule has 0 atom stereocenters. The summed E-state index contributed by atoms with van der Waals surface area (Å²) < 4.78 is 1.84. The van der Waals surface area contributed by atoms with Crippen molar-refractivity contribution >= 4 is 17.5 Å². The molecule has 0 saturated carbocycles. The predicted octanol–water partition coefficient (Wildman–Crippen LogP) is 3.72. The van der Waals surface area contributed by atoms with Gasteiger partial charge in [-0.15, -0.1) is 0 Å². The van der Waals surface area contributed by atoms with Crippen LogP contribution in [0.25, 0.3) is 5.69 Å². The van der Waals surface area contributed by atoms with Crippen LogP contribution in [0.2, 0.25) is 5.02 Å². The summed E-state index contributed by atoms with van der Waals surface area (Å²) in [4.78, 5) is 15.1. The summed E-state index contributed by atoms with van der Waals surface area (Å²) in [5, 5.41) is 8.40. The second-order valence-corrected chi connectivity index (χ2v) is 7.72. The molecular weight excluding hydrogens is 348 g/mol. The van der Waals surface area contributed by atoms with Gasteiger partial charge in [0, 0.05) is 18.1 Å². The molecule has 1 aromatic carbocycles. The first-order chi connectivity index (χ1) is 12.5. The van der Waals surface area contributed by atoms with Crippen LogP contribution in [0.4, 0.5) is 0 Å². The number of benzene rings is 1. The molecule has 1 fully saturated rings. The number of carbonyl (C=O) groups is 1. The van der Waals surface area contributed by atoms with Crippen molar-refractivity contribution in [2.45, 2.75) is 32.6 Å². The Morgan fingerprint density at radius 1 is 1.35 bits per heavy atom. The Bertz CT molecular complexity index is 763. The number of piperidine rings is 1. The monoisotopic (exact) mass is 374 g/mol. The summed E-state index contributed by atoms with van der Waals surface area (Å²) in [5.74, 6) is 0.921. The second kappa shape index (κ2) is 8.23. The third-order valence-corrected chi connectivity index (χ3v) is 5.27. The lowest BCUT2D eigenvalue weighted by molar-refractivity contribution is 0.0689. The zero-order valence-electron chi connectivity index (χ0n) is 15.7. The normalized spacial score (nSPS) is 15.7. The molecule has 3 rings (SSSR count). The molecule has 1 aliphatic heterocycles. The molecule has 26 heavy (non-hydrogen) atoms. The van der Waals surface area contributed by atoms with Gasteiger partial charge in [-0.05, 0) is 56.5 Å². The minimum absolute atomic E-state index is 0.0879. The number of nitrogens with one attached hydrogen (secondary N) is 1. The average Bonchev–Trinajstić information content (AvgIpc) is 3.07. The predicted molar refractivity (Wildman–Crippen MR) is 105 cm³/mol. The van der Waals surface area contributed by atoms with E-state index in [0.717, 1.165) is 43.9 Å². The Hall–Kier alpha value is -1.85. The van der Waals surface area contributed by atoms with Gasteiger partial charge in [-0.2, -0.15) is 5.10 Å². The number of rotatable bonds is 5. The molecule has 1 amide bonds. The minimum atomic E-state index is 0.0879. The molecule has 140 valence electrons. The van der Waals surface area contributed by atoms with Gasteiger partial charge in [0.05, 0.1) is 23.1 Å². The molecule has 0 aliphatic carbocycles. The minimum Gasteiger partial charge on any atom is -0.339 e. The maximum atomic E-state index is 13.1. The van der Waals surface area contributed by atoms with E-state index in [2.05, 4.69) is 24.3 Å². The second-order valence-electron chi connectivity index (χ2n) is 7.28. The Kier molecular flexibility index (Phi) is 5.99. The first-order valence-corrected chi connectivity index (χ1v) is 9.66. The number of hydrogen-bond donors (Lipinski definition) is 1. The van der Waals surface area contributed by atoms with Crippen LogP contribution in [-0.2, 0) is 0 Å². The molecule has 0 radical (unpaired) electrons. The fourth-order valence-corrected chi connectivity index (χ4v) is 3.88. The van der Waals surface area contributed by atoms with Crippen LogP contribution < -0.4 is 5.32 Å². The zero-order chi connectivity index (χ0) is 18.7. The number of hydrogen-bond acceptors (Lipinski definition) is 3. The number of aromatic nitrogens is 2. The fourth-order valence-electron chi connectivity index (χ4n) is 3.69. The van der Waals surface area contributed by atoms with Crippen LogP contribution >= 0.6 is 11.6 Å². The molecule has 6 heteroatoms. The molecule has 0 bridgehead atoms. The van der Waals surface area contributed by atoms with Crippen molar-refractivity contribution in [3.05, 3.63) is 46.7 Å². The highest BCUT2D eigenvalue weighted by Crippen LogP contribution is 2.27. The molecule has 1 N–H and O–H groups in total. The smallest absolute Gasteiger partial charge is 0.257 e. The van der Waals surface area contributed by atoms with Gasteiger partial charge in [-0.3, -0.25) is 4.79 Å². The quantitative estimate of drug-likeness (QED) is 0.867. The zero-order valence-corrected chi connectivity index (χ0v) is 16.5. The Morgan fingerprint density at radius 3 is 2.69 bits per heavy atom. The summed E-state index contributed by atoms with van der Waals surface area (Å²) in [6.07, 6.45) is 3.80. The summed E-state index contributed by atoms with van der Waals surface area (Å²) in [6.45, 7) is 6.82. The molecule has 1 saturated heterocycles. The summed E-state index contributed by atoms with van der Waals surface area (Å²) >= 11 is 6.14. The van der Waals surface area contributed by atoms with Crippen molar-refractivity contribution in [3.8, 4) is 5.69 Å². The van der Waals surface area contributed by atoms with Crippen molar-refractivity contribution in [3.63, 3.8) is 0 Å². The number of amides is 1. The first kappa shape index (κ1) is 18.9. The van der Waals surface area contributed by atoms with Crippen LogP contribution in [0.5, 0.6) is 0 Å². The van der Waals surface area contributed by atoms with Crippen molar-refractivity contribution in [1.82, 2.24) is 20.0 Å². The van der Waals surface area contributed by atoms with Crippen LogP contribution in [0, 0.1) is 5.92 Å². The van der Waals surface area contributed by atoms with E-state index in [0.29, 0.717) is 16.5 Å². The Balaban J connectivity index is 1.85. The standard InChI is InChI=1S/C20H27ClN4O/c1-14(2)19-18(13-23-25(19)17-6-4-5-16(21)11-17)20(26)24-9-7-15(8-10-24)12-22-3/h4-6,11,13-15,22H,7-10,12H2,1-3H3. The highest BCUT2D eigenvalue weighted by atomic mass is 35.5. The fraction of sp³-hybridized carbons (Fsp3) is 0.500. The van der Waals surface area contributed by atoms with Crippen LogP contribution in [0.1, 0.15) is 48.7 Å². The topological polar surface area (TPSA) is 50.2 Å². The Labute approximate surface area is 160 Å². The van der Waals surface area contributed by atoms with E-state index in [4.69, 9.17) is 11.6 Å². The van der Waals surface area contributed by atoms with Gasteiger partial charge >= 0.3 is 0 Å². The lowest BCUT2D eigenvalue weighted by Crippen LogP contribution is -2.40. The third kappa shape index (κ3) is 3.94. The van der Waals surface area contributed by atoms with Crippen molar-refractivity contribution < 1.29 is 4.79 Å². The lowest BCUT2D eigenvalue weighted by atomic mass is 9.96. The molecule has 2 aromatic rings. The SMILES string of the molecule is CNCC1CCN(C(=O)c2cnn(-c3cccc(Cl)c3)c2C(C)C)CC1. The highest BCUT2D eigenvalue weighted by molar-refractivity contribution is 6.30. The van der Waals surface area contributed by atoms with E-state index in [9.17, 15) is 4.79 Å². The van der Waals surface area contributed by atoms with Crippen LogP contribution in [0.15, 0.2) is 30.5 Å². The van der Waals surface area contributed by atoms with Crippen molar-refractivity contribution in [1.29, 1.82) is 0 Å². The first-order valence-electron chi connectivity index (χ1n) is 9.29. The summed E-state index contributed by atoms with van der Waals surface area (Å²) in [6, 6.07) is 7.57. The van der Waals surface area contributed by atoms with Gasteiger partial charge in [0.2, 0.25) is 0 Å². The maximum Gasteiger partial charge on any atom is 0.257 e. The lowest BCUT2D eigenvalue weighted by Gasteiger charge is -2.32. The van der Waals surface area contributed by atoms with Gasteiger partial charge in [0.1, 0.15) is 0 Å².